The maximum Gasteiger partial charge on any atom is 0.191 e. The molecule has 0 atom stereocenters. The number of guanidine groups is 1. The van der Waals surface area contributed by atoms with E-state index in [1.54, 1.807) is 0 Å². The molecule has 0 aliphatic carbocycles. The first kappa shape index (κ1) is 24.1. The Labute approximate surface area is 170 Å². The normalized spacial score (nSPS) is 11.3. The molecular weight excluding hydrogens is 427 g/mol. The highest BCUT2D eigenvalue weighted by Gasteiger charge is 2.03. The molecule has 6 heteroatoms. The molecular formula is C19H35IN4O. The second-order valence-electron chi connectivity index (χ2n) is 6.03. The third-order valence-electron chi connectivity index (χ3n) is 3.57. The molecule has 144 valence electrons. The number of nitrogens with one attached hydrogen (secondary N) is 2. The Morgan fingerprint density at radius 3 is 2.44 bits per heavy atom. The Balaban J connectivity index is 0.00000576. The summed E-state index contributed by atoms with van der Waals surface area (Å²) >= 11 is 0. The van der Waals surface area contributed by atoms with Crippen molar-refractivity contribution in [2.75, 3.05) is 40.4 Å². The van der Waals surface area contributed by atoms with Gasteiger partial charge in [0.25, 0.3) is 0 Å². The molecule has 0 saturated heterocycles. The van der Waals surface area contributed by atoms with Crippen LogP contribution in [-0.2, 0) is 17.8 Å². The number of benzene rings is 1. The molecule has 0 bridgehead atoms. The maximum absolute atomic E-state index is 5.36. The van der Waals surface area contributed by atoms with Crippen LogP contribution >= 0.6 is 24.0 Å². The van der Waals surface area contributed by atoms with Crippen LogP contribution in [0, 0.1) is 0 Å². The van der Waals surface area contributed by atoms with Crippen LogP contribution < -0.4 is 10.6 Å². The molecule has 1 rings (SSSR count). The highest BCUT2D eigenvalue weighted by Crippen LogP contribution is 2.11. The van der Waals surface area contributed by atoms with Gasteiger partial charge < -0.3 is 20.3 Å². The molecule has 0 aromatic heterocycles. The van der Waals surface area contributed by atoms with Crippen molar-refractivity contribution in [1.29, 1.82) is 0 Å². The van der Waals surface area contributed by atoms with Crippen LogP contribution in [0.2, 0.25) is 0 Å². The van der Waals surface area contributed by atoms with E-state index >= 15 is 0 Å². The number of halogens is 1. The van der Waals surface area contributed by atoms with Crippen molar-refractivity contribution in [2.24, 2.45) is 4.99 Å². The van der Waals surface area contributed by atoms with E-state index in [1.807, 2.05) is 6.92 Å². The smallest absolute Gasteiger partial charge is 0.191 e. The third-order valence-corrected chi connectivity index (χ3v) is 3.57. The monoisotopic (exact) mass is 462 g/mol. The Hall–Kier alpha value is -0.860. The van der Waals surface area contributed by atoms with Crippen LogP contribution in [0.3, 0.4) is 0 Å². The lowest BCUT2D eigenvalue weighted by molar-refractivity contribution is 0.143. The van der Waals surface area contributed by atoms with Gasteiger partial charge in [0, 0.05) is 32.8 Å². The number of ether oxygens (including phenoxy) is 1. The van der Waals surface area contributed by atoms with Crippen LogP contribution in [0.4, 0.5) is 0 Å². The highest BCUT2D eigenvalue weighted by molar-refractivity contribution is 14.0. The van der Waals surface area contributed by atoms with Gasteiger partial charge in [-0.25, -0.2) is 4.99 Å². The van der Waals surface area contributed by atoms with Crippen molar-refractivity contribution < 1.29 is 4.74 Å². The Bertz CT molecular complexity index is 480. The molecule has 1 aromatic carbocycles. The minimum absolute atomic E-state index is 0. The lowest BCUT2D eigenvalue weighted by atomic mass is 10.1. The first-order chi connectivity index (χ1) is 11.7. The molecule has 2 N–H and O–H groups in total. The fourth-order valence-electron chi connectivity index (χ4n) is 2.39. The lowest BCUT2D eigenvalue weighted by Crippen LogP contribution is -2.37. The van der Waals surface area contributed by atoms with Crippen molar-refractivity contribution in [3.8, 4) is 0 Å². The number of hydrogen-bond acceptors (Lipinski definition) is 3. The van der Waals surface area contributed by atoms with Gasteiger partial charge in [0.05, 0.1) is 6.54 Å². The molecule has 0 fully saturated rings. The number of unbranched alkanes of at least 4 members (excludes halogenated alkanes) is 1. The number of rotatable bonds is 11. The summed E-state index contributed by atoms with van der Waals surface area (Å²) in [6.45, 7) is 9.16. The predicted octanol–water partition coefficient (Wildman–Crippen LogP) is 3.24. The van der Waals surface area contributed by atoms with E-state index in [2.05, 4.69) is 60.8 Å². The fraction of sp³-hybridized carbons (Fsp3) is 0.632. The van der Waals surface area contributed by atoms with Crippen LogP contribution in [0.5, 0.6) is 0 Å². The van der Waals surface area contributed by atoms with E-state index in [9.17, 15) is 0 Å². The van der Waals surface area contributed by atoms with E-state index < -0.39 is 0 Å². The second kappa shape index (κ2) is 15.4. The maximum atomic E-state index is 5.36. The van der Waals surface area contributed by atoms with Gasteiger partial charge >= 0.3 is 0 Å². The second-order valence-corrected chi connectivity index (χ2v) is 6.03. The van der Waals surface area contributed by atoms with Gasteiger partial charge in [-0.15, -0.1) is 24.0 Å². The minimum Gasteiger partial charge on any atom is -0.382 e. The van der Waals surface area contributed by atoms with Gasteiger partial charge in [0.15, 0.2) is 5.96 Å². The zero-order chi connectivity index (χ0) is 17.6. The van der Waals surface area contributed by atoms with E-state index in [0.717, 1.165) is 51.6 Å². The summed E-state index contributed by atoms with van der Waals surface area (Å²) in [6.07, 6.45) is 2.16. The summed E-state index contributed by atoms with van der Waals surface area (Å²) in [5, 5.41) is 6.71. The Kier molecular flexibility index (Phi) is 14.9. The average Bonchev–Trinajstić information content (AvgIpc) is 2.56. The molecule has 1 aromatic rings. The molecule has 0 saturated carbocycles. The molecule has 0 aliphatic rings. The first-order valence-electron chi connectivity index (χ1n) is 8.98. The van der Waals surface area contributed by atoms with Gasteiger partial charge in [0.1, 0.15) is 0 Å². The highest BCUT2D eigenvalue weighted by atomic mass is 127. The van der Waals surface area contributed by atoms with Gasteiger partial charge in [0.2, 0.25) is 0 Å². The van der Waals surface area contributed by atoms with Crippen molar-refractivity contribution >= 4 is 29.9 Å². The summed E-state index contributed by atoms with van der Waals surface area (Å²) in [5.41, 5.74) is 2.61. The summed E-state index contributed by atoms with van der Waals surface area (Å²) in [4.78, 5) is 6.92. The van der Waals surface area contributed by atoms with Gasteiger partial charge in [-0.1, -0.05) is 24.3 Å². The fourth-order valence-corrected chi connectivity index (χ4v) is 2.39. The van der Waals surface area contributed by atoms with Crippen molar-refractivity contribution in [1.82, 2.24) is 15.5 Å². The zero-order valence-electron chi connectivity index (χ0n) is 16.2. The Morgan fingerprint density at radius 1 is 1.08 bits per heavy atom. The van der Waals surface area contributed by atoms with E-state index in [-0.39, 0.29) is 24.0 Å². The van der Waals surface area contributed by atoms with E-state index in [4.69, 9.17) is 9.73 Å². The lowest BCUT2D eigenvalue weighted by Gasteiger charge is -2.14. The quantitative estimate of drug-likeness (QED) is 0.230. The summed E-state index contributed by atoms with van der Waals surface area (Å²) in [5.74, 6) is 0.883. The van der Waals surface area contributed by atoms with Crippen molar-refractivity contribution in [3.63, 3.8) is 0 Å². The number of hydrogen-bond donors (Lipinski definition) is 2. The van der Waals surface area contributed by atoms with E-state index in [0.29, 0.717) is 6.54 Å². The largest absolute Gasteiger partial charge is 0.382 e. The molecule has 25 heavy (non-hydrogen) atoms. The standard InChI is InChI=1S/C19H34N4O.HI/c1-5-20-19(21-13-9-10-14-24-6-2)22-15-17-11-7-8-12-18(17)16-23(3)4;/h7-8,11-12H,5-6,9-10,13-16H2,1-4H3,(H2,20,21,22);1H. The average molecular weight is 462 g/mol. The summed E-state index contributed by atoms with van der Waals surface area (Å²) < 4.78 is 5.36. The van der Waals surface area contributed by atoms with Gasteiger partial charge in [-0.05, 0) is 51.9 Å². The van der Waals surface area contributed by atoms with Crippen LogP contribution in [-0.4, -0.2) is 51.3 Å². The number of nitrogens with zero attached hydrogens (tertiary/aromatic N) is 2. The molecule has 0 radical (unpaired) electrons. The molecule has 0 unspecified atom stereocenters. The van der Waals surface area contributed by atoms with Gasteiger partial charge in [-0.3, -0.25) is 0 Å². The SMILES string of the molecule is CCNC(=NCc1ccccc1CN(C)C)NCCCCOCC.I. The van der Waals surface area contributed by atoms with E-state index in [1.165, 1.54) is 11.1 Å². The van der Waals surface area contributed by atoms with Crippen LogP contribution in [0.1, 0.15) is 37.8 Å². The molecule has 0 amide bonds. The Morgan fingerprint density at radius 2 is 1.80 bits per heavy atom. The molecule has 0 aliphatic heterocycles. The predicted molar refractivity (Wildman–Crippen MR) is 118 cm³/mol. The summed E-state index contributed by atoms with van der Waals surface area (Å²) in [6, 6.07) is 8.51. The number of aliphatic imine (C=N–C) groups is 1. The van der Waals surface area contributed by atoms with Crippen molar-refractivity contribution in [3.05, 3.63) is 35.4 Å². The third kappa shape index (κ3) is 11.4. The van der Waals surface area contributed by atoms with Gasteiger partial charge in [-0.2, -0.15) is 0 Å². The minimum atomic E-state index is 0. The van der Waals surface area contributed by atoms with Crippen molar-refractivity contribution in [2.45, 2.75) is 39.8 Å². The topological polar surface area (TPSA) is 48.9 Å². The van der Waals surface area contributed by atoms with Crippen LogP contribution in [0.15, 0.2) is 29.3 Å². The molecule has 5 nitrogen and oxygen atoms in total. The summed E-state index contributed by atoms with van der Waals surface area (Å²) in [7, 11) is 4.18. The molecule has 0 spiro atoms. The zero-order valence-corrected chi connectivity index (χ0v) is 18.5. The first-order valence-corrected chi connectivity index (χ1v) is 8.98. The van der Waals surface area contributed by atoms with Crippen LogP contribution in [0.25, 0.3) is 0 Å². The molecule has 0 heterocycles.